The molecule has 2 aromatic carbocycles. The summed E-state index contributed by atoms with van der Waals surface area (Å²) in [6.45, 7) is 0. The molecule has 0 radical (unpaired) electrons. The molecular weight excluding hydrogens is 376 g/mol. The molecule has 3 aromatic rings. The molecule has 0 aliphatic rings. The standard InChI is InChI=1S/C16H13BrN4OS/c1-22-13-8-6-11(7-9-13)15-19-20-16(23)21(15)18-10-12-4-2-3-5-14(12)17/h2-10H,1H3,(H,20,23)/b18-10-. The van der Waals surface area contributed by atoms with Crippen molar-refractivity contribution in [2.75, 3.05) is 7.11 Å². The molecule has 0 saturated heterocycles. The molecule has 1 aromatic heterocycles. The predicted octanol–water partition coefficient (Wildman–Crippen LogP) is 4.26. The number of benzene rings is 2. The van der Waals surface area contributed by atoms with Gasteiger partial charge in [-0.05, 0) is 42.5 Å². The molecule has 7 heteroatoms. The molecule has 0 saturated carbocycles. The molecule has 0 unspecified atom stereocenters. The summed E-state index contributed by atoms with van der Waals surface area (Å²) in [5.41, 5.74) is 1.85. The highest BCUT2D eigenvalue weighted by Crippen LogP contribution is 2.21. The Bertz CT molecular complexity index is 899. The highest BCUT2D eigenvalue weighted by atomic mass is 79.9. The Kier molecular flexibility index (Phi) is 4.68. The largest absolute Gasteiger partial charge is 0.497 e. The summed E-state index contributed by atoms with van der Waals surface area (Å²) in [6.07, 6.45) is 1.74. The second kappa shape index (κ2) is 6.89. The number of H-pyrrole nitrogens is 1. The first-order valence-electron chi connectivity index (χ1n) is 6.80. The number of hydrogen-bond acceptors (Lipinski definition) is 4. The van der Waals surface area contributed by atoms with Crippen LogP contribution in [0, 0.1) is 4.77 Å². The van der Waals surface area contributed by atoms with E-state index in [4.69, 9.17) is 17.0 Å². The molecule has 0 bridgehead atoms. The quantitative estimate of drug-likeness (QED) is 0.536. The Morgan fingerprint density at radius 2 is 1.96 bits per heavy atom. The van der Waals surface area contributed by atoms with E-state index in [1.54, 1.807) is 18.0 Å². The molecule has 0 amide bonds. The maximum atomic E-state index is 5.26. The van der Waals surface area contributed by atoms with Crippen molar-refractivity contribution in [3.05, 3.63) is 63.3 Å². The number of halogens is 1. The number of nitrogens with zero attached hydrogens (tertiary/aromatic N) is 3. The van der Waals surface area contributed by atoms with Crippen LogP contribution in [0.15, 0.2) is 58.1 Å². The van der Waals surface area contributed by atoms with Crippen LogP contribution >= 0.6 is 28.1 Å². The second-order valence-electron chi connectivity index (χ2n) is 4.66. The van der Waals surface area contributed by atoms with E-state index < -0.39 is 0 Å². The van der Waals surface area contributed by atoms with Gasteiger partial charge in [-0.2, -0.15) is 14.9 Å². The minimum Gasteiger partial charge on any atom is -0.497 e. The summed E-state index contributed by atoms with van der Waals surface area (Å²) >= 11 is 8.76. The number of methoxy groups -OCH3 is 1. The first kappa shape index (κ1) is 15.6. The molecule has 116 valence electrons. The van der Waals surface area contributed by atoms with Crippen molar-refractivity contribution in [2.45, 2.75) is 0 Å². The van der Waals surface area contributed by atoms with Gasteiger partial charge in [0, 0.05) is 15.6 Å². The monoisotopic (exact) mass is 388 g/mol. The number of aromatic nitrogens is 3. The Morgan fingerprint density at radius 1 is 1.22 bits per heavy atom. The molecule has 0 aliphatic heterocycles. The van der Waals surface area contributed by atoms with Crippen molar-refractivity contribution >= 4 is 34.4 Å². The predicted molar refractivity (Wildman–Crippen MR) is 96.5 cm³/mol. The Balaban J connectivity index is 1.99. The zero-order valence-electron chi connectivity index (χ0n) is 12.2. The summed E-state index contributed by atoms with van der Waals surface area (Å²) in [5.74, 6) is 1.42. The average Bonchev–Trinajstić information content (AvgIpc) is 2.95. The van der Waals surface area contributed by atoms with Crippen molar-refractivity contribution in [1.82, 2.24) is 14.9 Å². The zero-order chi connectivity index (χ0) is 16.2. The first-order chi connectivity index (χ1) is 11.2. The smallest absolute Gasteiger partial charge is 0.216 e. The fraction of sp³-hybridized carbons (Fsp3) is 0.0625. The molecule has 0 atom stereocenters. The molecule has 3 rings (SSSR count). The van der Waals surface area contributed by atoms with Crippen LogP contribution in [-0.2, 0) is 0 Å². The van der Waals surface area contributed by atoms with Crippen molar-refractivity contribution in [2.24, 2.45) is 5.10 Å². The van der Waals surface area contributed by atoms with E-state index in [9.17, 15) is 0 Å². The second-order valence-corrected chi connectivity index (χ2v) is 5.90. The fourth-order valence-corrected chi connectivity index (χ4v) is 2.59. The number of rotatable bonds is 4. The van der Waals surface area contributed by atoms with Gasteiger partial charge < -0.3 is 4.74 Å². The van der Waals surface area contributed by atoms with E-state index in [0.29, 0.717) is 10.6 Å². The average molecular weight is 389 g/mol. The van der Waals surface area contributed by atoms with E-state index in [1.165, 1.54) is 0 Å². The molecule has 0 fully saturated rings. The zero-order valence-corrected chi connectivity index (χ0v) is 14.6. The Hall–Kier alpha value is -2.25. The Morgan fingerprint density at radius 3 is 2.65 bits per heavy atom. The van der Waals surface area contributed by atoms with Gasteiger partial charge in [-0.25, -0.2) is 5.10 Å². The van der Waals surface area contributed by atoms with Gasteiger partial charge in [0.25, 0.3) is 0 Å². The van der Waals surface area contributed by atoms with E-state index in [2.05, 4.69) is 31.2 Å². The van der Waals surface area contributed by atoms with Gasteiger partial charge in [0.1, 0.15) is 5.75 Å². The van der Waals surface area contributed by atoms with Crippen molar-refractivity contribution in [1.29, 1.82) is 0 Å². The van der Waals surface area contributed by atoms with Crippen LogP contribution in [0.1, 0.15) is 5.56 Å². The third-order valence-corrected chi connectivity index (χ3v) is 4.20. The van der Waals surface area contributed by atoms with Crippen LogP contribution < -0.4 is 4.74 Å². The lowest BCUT2D eigenvalue weighted by Crippen LogP contribution is -1.95. The van der Waals surface area contributed by atoms with Crippen molar-refractivity contribution in [3.63, 3.8) is 0 Å². The molecule has 23 heavy (non-hydrogen) atoms. The van der Waals surface area contributed by atoms with Crippen molar-refractivity contribution < 1.29 is 4.74 Å². The van der Waals surface area contributed by atoms with Gasteiger partial charge in [-0.15, -0.1) is 0 Å². The Labute approximate surface area is 146 Å². The SMILES string of the molecule is COc1ccc(-c2n[nH]c(=S)n2/N=C\c2ccccc2Br)cc1. The van der Waals surface area contributed by atoms with Gasteiger partial charge in [-0.1, -0.05) is 34.1 Å². The van der Waals surface area contributed by atoms with Gasteiger partial charge >= 0.3 is 0 Å². The molecule has 0 aliphatic carbocycles. The molecule has 1 N–H and O–H groups in total. The van der Waals surface area contributed by atoms with Crippen LogP contribution in [-0.4, -0.2) is 28.2 Å². The number of aromatic amines is 1. The summed E-state index contributed by atoms with van der Waals surface area (Å²) in [4.78, 5) is 0. The van der Waals surface area contributed by atoms with E-state index in [0.717, 1.165) is 21.3 Å². The lowest BCUT2D eigenvalue weighted by Gasteiger charge is -2.03. The number of nitrogens with one attached hydrogen (secondary N) is 1. The van der Waals surface area contributed by atoms with Crippen LogP contribution in [0.2, 0.25) is 0 Å². The maximum Gasteiger partial charge on any atom is 0.216 e. The van der Waals surface area contributed by atoms with Gasteiger partial charge in [0.05, 0.1) is 13.3 Å². The van der Waals surface area contributed by atoms with Crippen LogP contribution in [0.4, 0.5) is 0 Å². The molecule has 0 spiro atoms. The van der Waals surface area contributed by atoms with E-state index >= 15 is 0 Å². The van der Waals surface area contributed by atoms with Crippen LogP contribution in [0.5, 0.6) is 5.75 Å². The summed E-state index contributed by atoms with van der Waals surface area (Å²) in [5, 5.41) is 11.5. The fourth-order valence-electron chi connectivity index (χ4n) is 2.03. The van der Waals surface area contributed by atoms with E-state index in [1.807, 2.05) is 48.5 Å². The third-order valence-electron chi connectivity index (χ3n) is 3.22. The molecule has 5 nitrogen and oxygen atoms in total. The van der Waals surface area contributed by atoms with Gasteiger partial charge in [-0.3, -0.25) is 0 Å². The maximum absolute atomic E-state index is 5.26. The van der Waals surface area contributed by atoms with Crippen molar-refractivity contribution in [3.8, 4) is 17.1 Å². The summed E-state index contributed by atoms with van der Waals surface area (Å²) < 4.78 is 8.15. The first-order valence-corrected chi connectivity index (χ1v) is 8.00. The molecule has 1 heterocycles. The summed E-state index contributed by atoms with van der Waals surface area (Å²) in [6, 6.07) is 15.4. The van der Waals surface area contributed by atoms with Crippen LogP contribution in [0.3, 0.4) is 0 Å². The lowest BCUT2D eigenvalue weighted by atomic mass is 10.2. The summed E-state index contributed by atoms with van der Waals surface area (Å²) in [7, 11) is 1.63. The highest BCUT2D eigenvalue weighted by Gasteiger charge is 2.08. The normalized spacial score (nSPS) is 11.0. The van der Waals surface area contributed by atoms with E-state index in [-0.39, 0.29) is 0 Å². The number of ether oxygens (including phenoxy) is 1. The van der Waals surface area contributed by atoms with Gasteiger partial charge in [0.2, 0.25) is 4.77 Å². The van der Waals surface area contributed by atoms with Gasteiger partial charge in [0.15, 0.2) is 5.82 Å². The molecular formula is C16H13BrN4OS. The van der Waals surface area contributed by atoms with Crippen LogP contribution in [0.25, 0.3) is 11.4 Å². The minimum atomic E-state index is 0.430. The topological polar surface area (TPSA) is 55.2 Å². The minimum absolute atomic E-state index is 0.430. The number of hydrogen-bond donors (Lipinski definition) is 1. The third kappa shape index (κ3) is 3.40. The lowest BCUT2D eigenvalue weighted by molar-refractivity contribution is 0.415. The highest BCUT2D eigenvalue weighted by molar-refractivity contribution is 9.10.